The summed E-state index contributed by atoms with van der Waals surface area (Å²) in [5.41, 5.74) is 3.11. The summed E-state index contributed by atoms with van der Waals surface area (Å²) in [6.45, 7) is 0. The molecule has 0 spiro atoms. The van der Waals surface area contributed by atoms with Crippen LogP contribution in [0.1, 0.15) is 11.7 Å². The quantitative estimate of drug-likeness (QED) is 0.418. The van der Waals surface area contributed by atoms with E-state index in [4.69, 9.17) is 9.47 Å². The molecule has 1 unspecified atom stereocenters. The van der Waals surface area contributed by atoms with Crippen molar-refractivity contribution in [3.8, 4) is 33.3 Å². The molecule has 0 aliphatic heterocycles. The largest absolute Gasteiger partial charge is 0.497 e. The molecule has 1 atom stereocenters. The molecule has 5 nitrogen and oxygen atoms in total. The van der Waals surface area contributed by atoms with Crippen LogP contribution in [0.4, 0.5) is 0 Å². The van der Waals surface area contributed by atoms with E-state index in [0.717, 1.165) is 27.4 Å². The van der Waals surface area contributed by atoms with Gasteiger partial charge in [0.1, 0.15) is 5.75 Å². The topological polar surface area (TPSA) is 68.7 Å². The van der Waals surface area contributed by atoms with E-state index < -0.39 is 12.1 Å². The van der Waals surface area contributed by atoms with Gasteiger partial charge in [-0.1, -0.05) is 48.5 Å². The number of ether oxygens (including phenoxy) is 2. The third-order valence-electron chi connectivity index (χ3n) is 4.56. The molecule has 0 amide bonds. The van der Waals surface area contributed by atoms with E-state index in [1.807, 2.05) is 53.9 Å². The summed E-state index contributed by atoms with van der Waals surface area (Å²) in [6, 6.07) is 24.2. The van der Waals surface area contributed by atoms with Gasteiger partial charge in [0.15, 0.2) is 0 Å². The third kappa shape index (κ3) is 4.34. The molecule has 2 aromatic heterocycles. The number of hydrogen-bond acceptors (Lipinski definition) is 5. The number of pyridine rings is 1. The SMILES string of the molecule is COc1ccc(-c2cc(OC(C(=O)O)c3ccccc3)nc(-c3cccs3)c2)cc1. The number of rotatable bonds is 7. The number of carboxylic acid groups (broad SMARTS) is 1. The molecule has 0 fully saturated rings. The first kappa shape index (κ1) is 19.7. The van der Waals surface area contributed by atoms with Gasteiger partial charge in [-0.3, -0.25) is 0 Å². The fraction of sp³-hybridized carbons (Fsp3) is 0.0833. The molecule has 0 aliphatic carbocycles. The maximum Gasteiger partial charge on any atom is 0.349 e. The van der Waals surface area contributed by atoms with Crippen LogP contribution in [0.2, 0.25) is 0 Å². The van der Waals surface area contributed by atoms with Gasteiger partial charge in [-0.05, 0) is 40.8 Å². The predicted octanol–water partition coefficient (Wildman–Crippen LogP) is 5.69. The van der Waals surface area contributed by atoms with Crippen LogP contribution in [0.3, 0.4) is 0 Å². The minimum atomic E-state index is -1.15. The standard InChI is InChI=1S/C24H19NO4S/c1-28-19-11-9-16(10-12-19)18-14-20(21-8-5-13-30-21)25-22(15-18)29-23(24(26)27)17-6-3-2-4-7-17/h2-15,23H,1H3,(H,26,27). The van der Waals surface area contributed by atoms with Gasteiger partial charge in [-0.2, -0.15) is 0 Å². The van der Waals surface area contributed by atoms with Crippen molar-refractivity contribution in [3.05, 3.63) is 89.8 Å². The first-order valence-electron chi connectivity index (χ1n) is 9.29. The molecule has 2 heterocycles. The van der Waals surface area contributed by atoms with Crippen LogP contribution in [0, 0.1) is 0 Å². The number of nitrogens with zero attached hydrogens (tertiary/aromatic N) is 1. The van der Waals surface area contributed by atoms with Crippen LogP contribution in [0.15, 0.2) is 84.2 Å². The molecule has 0 saturated carbocycles. The number of aromatic nitrogens is 1. The molecule has 6 heteroatoms. The number of benzene rings is 2. The zero-order valence-electron chi connectivity index (χ0n) is 16.2. The van der Waals surface area contributed by atoms with E-state index in [-0.39, 0.29) is 5.88 Å². The van der Waals surface area contributed by atoms with E-state index in [2.05, 4.69) is 4.98 Å². The van der Waals surface area contributed by atoms with E-state index in [9.17, 15) is 9.90 Å². The Morgan fingerprint density at radius 3 is 2.37 bits per heavy atom. The molecule has 4 aromatic rings. The highest BCUT2D eigenvalue weighted by Gasteiger charge is 2.23. The van der Waals surface area contributed by atoms with E-state index >= 15 is 0 Å². The van der Waals surface area contributed by atoms with Gasteiger partial charge >= 0.3 is 5.97 Å². The second-order valence-corrected chi connectivity index (χ2v) is 7.48. The van der Waals surface area contributed by atoms with Gasteiger partial charge in [0, 0.05) is 11.6 Å². The molecule has 150 valence electrons. The van der Waals surface area contributed by atoms with Crippen molar-refractivity contribution in [2.75, 3.05) is 7.11 Å². The first-order chi connectivity index (χ1) is 14.6. The Bertz CT molecular complexity index is 1130. The van der Waals surface area contributed by atoms with Crippen molar-refractivity contribution in [1.82, 2.24) is 4.98 Å². The molecule has 4 rings (SSSR count). The highest BCUT2D eigenvalue weighted by Crippen LogP contribution is 2.33. The van der Waals surface area contributed by atoms with Crippen LogP contribution < -0.4 is 9.47 Å². The Morgan fingerprint density at radius 1 is 0.967 bits per heavy atom. The van der Waals surface area contributed by atoms with Crippen LogP contribution in [-0.2, 0) is 4.79 Å². The van der Waals surface area contributed by atoms with E-state index in [1.54, 1.807) is 48.8 Å². The lowest BCUT2D eigenvalue weighted by molar-refractivity contribution is -0.145. The fourth-order valence-electron chi connectivity index (χ4n) is 3.08. The molecule has 1 N–H and O–H groups in total. The maximum absolute atomic E-state index is 11.9. The number of methoxy groups -OCH3 is 1. The summed E-state index contributed by atoms with van der Waals surface area (Å²) >= 11 is 1.56. The van der Waals surface area contributed by atoms with E-state index in [1.165, 1.54) is 0 Å². The van der Waals surface area contributed by atoms with Crippen molar-refractivity contribution in [1.29, 1.82) is 0 Å². The van der Waals surface area contributed by atoms with Crippen molar-refractivity contribution >= 4 is 17.3 Å². The van der Waals surface area contributed by atoms with Crippen molar-refractivity contribution < 1.29 is 19.4 Å². The molecule has 30 heavy (non-hydrogen) atoms. The molecule has 0 aliphatic rings. The number of hydrogen-bond donors (Lipinski definition) is 1. The Labute approximate surface area is 178 Å². The zero-order chi connectivity index (χ0) is 20.9. The summed E-state index contributed by atoms with van der Waals surface area (Å²) in [6.07, 6.45) is -1.15. The second-order valence-electron chi connectivity index (χ2n) is 6.53. The van der Waals surface area contributed by atoms with E-state index in [0.29, 0.717) is 5.56 Å². The third-order valence-corrected chi connectivity index (χ3v) is 5.46. The number of aliphatic carboxylic acids is 1. The van der Waals surface area contributed by atoms with Crippen LogP contribution in [0.25, 0.3) is 21.7 Å². The van der Waals surface area contributed by atoms with Gasteiger partial charge in [0.05, 0.1) is 17.7 Å². The average molecular weight is 417 g/mol. The minimum absolute atomic E-state index is 0.253. The summed E-state index contributed by atoms with van der Waals surface area (Å²) in [5, 5.41) is 11.7. The molecular formula is C24H19NO4S. The molecule has 0 bridgehead atoms. The number of carboxylic acids is 1. The summed E-state index contributed by atoms with van der Waals surface area (Å²) in [5.74, 6) is -0.0590. The molecule has 2 aromatic carbocycles. The Balaban J connectivity index is 1.76. The normalized spacial score (nSPS) is 11.6. The lowest BCUT2D eigenvalue weighted by Crippen LogP contribution is -2.18. The van der Waals surface area contributed by atoms with Gasteiger partial charge in [0.2, 0.25) is 12.0 Å². The highest BCUT2D eigenvalue weighted by molar-refractivity contribution is 7.13. The summed E-state index contributed by atoms with van der Waals surface area (Å²) in [4.78, 5) is 17.4. The van der Waals surface area contributed by atoms with Crippen LogP contribution >= 0.6 is 11.3 Å². The average Bonchev–Trinajstić information content (AvgIpc) is 3.33. The second kappa shape index (κ2) is 8.80. The molecular weight excluding hydrogens is 398 g/mol. The monoisotopic (exact) mass is 417 g/mol. The van der Waals surface area contributed by atoms with Crippen molar-refractivity contribution in [2.45, 2.75) is 6.10 Å². The lowest BCUT2D eigenvalue weighted by Gasteiger charge is -2.16. The Kier molecular flexibility index (Phi) is 5.77. The molecule has 0 radical (unpaired) electrons. The Morgan fingerprint density at radius 2 is 1.73 bits per heavy atom. The highest BCUT2D eigenvalue weighted by atomic mass is 32.1. The number of carbonyl (C=O) groups is 1. The van der Waals surface area contributed by atoms with Crippen molar-refractivity contribution in [3.63, 3.8) is 0 Å². The predicted molar refractivity (Wildman–Crippen MR) is 117 cm³/mol. The lowest BCUT2D eigenvalue weighted by atomic mass is 10.1. The Hall–Kier alpha value is -3.64. The smallest absolute Gasteiger partial charge is 0.349 e. The van der Waals surface area contributed by atoms with Crippen LogP contribution in [0.5, 0.6) is 11.6 Å². The van der Waals surface area contributed by atoms with Gasteiger partial charge in [-0.25, -0.2) is 9.78 Å². The number of thiophene rings is 1. The fourth-order valence-corrected chi connectivity index (χ4v) is 3.76. The minimum Gasteiger partial charge on any atom is -0.497 e. The van der Waals surface area contributed by atoms with Gasteiger partial charge < -0.3 is 14.6 Å². The maximum atomic E-state index is 11.9. The van der Waals surface area contributed by atoms with Crippen molar-refractivity contribution in [2.24, 2.45) is 0 Å². The van der Waals surface area contributed by atoms with Gasteiger partial charge in [-0.15, -0.1) is 11.3 Å². The zero-order valence-corrected chi connectivity index (χ0v) is 17.0. The summed E-state index contributed by atoms with van der Waals surface area (Å²) in [7, 11) is 1.62. The molecule has 0 saturated heterocycles. The van der Waals surface area contributed by atoms with Gasteiger partial charge in [0.25, 0.3) is 0 Å². The summed E-state index contributed by atoms with van der Waals surface area (Å²) < 4.78 is 11.1. The first-order valence-corrected chi connectivity index (χ1v) is 10.2. The van der Waals surface area contributed by atoms with Crippen LogP contribution in [-0.4, -0.2) is 23.2 Å².